The summed E-state index contributed by atoms with van der Waals surface area (Å²) in [6.07, 6.45) is 0.302. The van der Waals surface area contributed by atoms with Gasteiger partial charge in [0, 0.05) is 49.3 Å². The second-order valence-corrected chi connectivity index (χ2v) is 7.64. The van der Waals surface area contributed by atoms with Crippen LogP contribution < -0.4 is 0 Å². The SMILES string of the molecule is C=C(C(=O)N1CCN(C(C)=O)CC1)c1ccc(SCCC(=O)OC)c(Cl)c1. The van der Waals surface area contributed by atoms with Crippen molar-refractivity contribution in [2.45, 2.75) is 18.2 Å². The highest BCUT2D eigenvalue weighted by molar-refractivity contribution is 7.99. The molecule has 1 aromatic rings. The van der Waals surface area contributed by atoms with Crippen LogP contribution in [0, 0.1) is 0 Å². The van der Waals surface area contributed by atoms with Crippen LogP contribution in [0.3, 0.4) is 0 Å². The number of methoxy groups -OCH3 is 1. The van der Waals surface area contributed by atoms with Crippen molar-refractivity contribution in [2.75, 3.05) is 39.0 Å². The van der Waals surface area contributed by atoms with Crippen molar-refractivity contribution in [1.29, 1.82) is 0 Å². The Balaban J connectivity index is 1.96. The van der Waals surface area contributed by atoms with Crippen molar-refractivity contribution in [3.8, 4) is 0 Å². The molecule has 0 bridgehead atoms. The Morgan fingerprint density at radius 2 is 1.81 bits per heavy atom. The van der Waals surface area contributed by atoms with Crippen LogP contribution >= 0.6 is 23.4 Å². The molecule has 1 saturated heterocycles. The number of hydrogen-bond donors (Lipinski definition) is 0. The van der Waals surface area contributed by atoms with E-state index < -0.39 is 0 Å². The number of hydrogen-bond acceptors (Lipinski definition) is 5. The standard InChI is InChI=1S/C19H23ClN2O4S/c1-13(19(25)22-9-7-21(8-10-22)14(2)23)15-4-5-17(16(20)12-15)27-11-6-18(24)26-3/h4-5,12H,1,6-11H2,2-3H3. The fourth-order valence-corrected chi connectivity index (χ4v) is 3.88. The normalized spacial score (nSPS) is 14.0. The first-order valence-electron chi connectivity index (χ1n) is 8.56. The number of benzene rings is 1. The molecule has 1 heterocycles. The largest absolute Gasteiger partial charge is 0.469 e. The Labute approximate surface area is 168 Å². The molecule has 0 radical (unpaired) electrons. The van der Waals surface area contributed by atoms with Crippen molar-refractivity contribution < 1.29 is 19.1 Å². The van der Waals surface area contributed by atoms with Crippen LogP contribution in [0.5, 0.6) is 0 Å². The third-order valence-electron chi connectivity index (χ3n) is 4.34. The van der Waals surface area contributed by atoms with E-state index in [2.05, 4.69) is 11.3 Å². The molecule has 0 aromatic heterocycles. The molecule has 6 nitrogen and oxygen atoms in total. The maximum Gasteiger partial charge on any atom is 0.306 e. The Morgan fingerprint density at radius 1 is 1.19 bits per heavy atom. The molecule has 1 aliphatic heterocycles. The Hall–Kier alpha value is -1.99. The summed E-state index contributed by atoms with van der Waals surface area (Å²) in [6, 6.07) is 5.35. The Kier molecular flexibility index (Phi) is 7.74. The van der Waals surface area contributed by atoms with Gasteiger partial charge in [-0.25, -0.2) is 0 Å². The van der Waals surface area contributed by atoms with Crippen LogP contribution in [-0.2, 0) is 19.1 Å². The molecule has 1 aliphatic rings. The first-order valence-corrected chi connectivity index (χ1v) is 9.93. The van der Waals surface area contributed by atoms with Crippen LogP contribution in [0.1, 0.15) is 18.9 Å². The Morgan fingerprint density at radius 3 is 2.37 bits per heavy atom. The zero-order valence-electron chi connectivity index (χ0n) is 15.5. The minimum atomic E-state index is -0.265. The van der Waals surface area contributed by atoms with Gasteiger partial charge in [-0.3, -0.25) is 14.4 Å². The lowest BCUT2D eigenvalue weighted by Crippen LogP contribution is -2.50. The molecule has 8 heteroatoms. The van der Waals surface area contributed by atoms with Gasteiger partial charge in [-0.2, -0.15) is 0 Å². The number of thioether (sulfide) groups is 1. The summed E-state index contributed by atoms with van der Waals surface area (Å²) in [7, 11) is 1.36. The fourth-order valence-electron chi connectivity index (χ4n) is 2.69. The second-order valence-electron chi connectivity index (χ2n) is 6.10. The van der Waals surface area contributed by atoms with Gasteiger partial charge in [0.1, 0.15) is 0 Å². The lowest BCUT2D eigenvalue weighted by Gasteiger charge is -2.34. The quantitative estimate of drug-likeness (QED) is 0.410. The summed E-state index contributed by atoms with van der Waals surface area (Å²) in [5, 5.41) is 0.512. The highest BCUT2D eigenvalue weighted by Gasteiger charge is 2.24. The number of amides is 2. The number of piperazine rings is 1. The maximum atomic E-state index is 12.7. The van der Waals surface area contributed by atoms with Crippen molar-refractivity contribution in [3.05, 3.63) is 35.4 Å². The highest BCUT2D eigenvalue weighted by atomic mass is 35.5. The smallest absolute Gasteiger partial charge is 0.306 e. The molecular weight excluding hydrogens is 388 g/mol. The minimum Gasteiger partial charge on any atom is -0.469 e. The zero-order chi connectivity index (χ0) is 20.0. The number of nitrogens with zero attached hydrogens (tertiary/aromatic N) is 2. The zero-order valence-corrected chi connectivity index (χ0v) is 17.1. The monoisotopic (exact) mass is 410 g/mol. The van der Waals surface area contributed by atoms with E-state index in [1.54, 1.807) is 21.9 Å². The van der Waals surface area contributed by atoms with Gasteiger partial charge in [0.2, 0.25) is 5.91 Å². The lowest BCUT2D eigenvalue weighted by atomic mass is 10.1. The summed E-state index contributed by atoms with van der Waals surface area (Å²) >= 11 is 7.78. The van der Waals surface area contributed by atoms with Gasteiger partial charge in [0.25, 0.3) is 5.91 Å². The number of esters is 1. The summed E-state index contributed by atoms with van der Waals surface area (Å²) in [6.45, 7) is 7.50. The first-order chi connectivity index (χ1) is 12.8. The molecule has 0 spiro atoms. The highest BCUT2D eigenvalue weighted by Crippen LogP contribution is 2.30. The van der Waals surface area contributed by atoms with Crippen LogP contribution in [-0.4, -0.2) is 66.6 Å². The van der Waals surface area contributed by atoms with E-state index in [0.29, 0.717) is 54.5 Å². The predicted octanol–water partition coefficient (Wildman–Crippen LogP) is 2.70. The topological polar surface area (TPSA) is 66.9 Å². The van der Waals surface area contributed by atoms with Crippen molar-refractivity contribution in [2.24, 2.45) is 0 Å². The van der Waals surface area contributed by atoms with Gasteiger partial charge in [-0.1, -0.05) is 24.2 Å². The van der Waals surface area contributed by atoms with E-state index in [1.807, 2.05) is 6.07 Å². The molecule has 0 unspecified atom stereocenters. The van der Waals surface area contributed by atoms with E-state index >= 15 is 0 Å². The van der Waals surface area contributed by atoms with Crippen LogP contribution in [0.4, 0.5) is 0 Å². The molecule has 0 saturated carbocycles. The van der Waals surface area contributed by atoms with Crippen molar-refractivity contribution in [3.63, 3.8) is 0 Å². The average Bonchev–Trinajstić information content (AvgIpc) is 2.67. The Bertz CT molecular complexity index is 745. The molecular formula is C19H23ClN2O4S. The number of rotatable bonds is 6. The number of carbonyl (C=O) groups is 3. The van der Waals surface area contributed by atoms with Gasteiger partial charge >= 0.3 is 5.97 Å². The van der Waals surface area contributed by atoms with E-state index in [-0.39, 0.29) is 17.8 Å². The van der Waals surface area contributed by atoms with Gasteiger partial charge in [-0.05, 0) is 17.7 Å². The van der Waals surface area contributed by atoms with E-state index in [9.17, 15) is 14.4 Å². The van der Waals surface area contributed by atoms with Crippen LogP contribution in [0.15, 0.2) is 29.7 Å². The lowest BCUT2D eigenvalue weighted by molar-refractivity contribution is -0.140. The molecule has 0 aliphatic carbocycles. The molecule has 1 fully saturated rings. The van der Waals surface area contributed by atoms with Gasteiger partial charge in [0.05, 0.1) is 18.6 Å². The van der Waals surface area contributed by atoms with E-state index in [0.717, 1.165) is 4.90 Å². The van der Waals surface area contributed by atoms with E-state index in [1.165, 1.54) is 25.8 Å². The minimum absolute atomic E-state index is 0.0213. The average molecular weight is 411 g/mol. The molecule has 27 heavy (non-hydrogen) atoms. The third kappa shape index (κ3) is 5.74. The summed E-state index contributed by atoms with van der Waals surface area (Å²) in [4.78, 5) is 39.5. The van der Waals surface area contributed by atoms with E-state index in [4.69, 9.17) is 11.6 Å². The summed E-state index contributed by atoms with van der Waals surface area (Å²) in [5.41, 5.74) is 1.04. The summed E-state index contributed by atoms with van der Waals surface area (Å²) in [5.74, 6) is 0.166. The molecule has 0 N–H and O–H groups in total. The molecule has 1 aromatic carbocycles. The van der Waals surface area contributed by atoms with Gasteiger partial charge in [-0.15, -0.1) is 11.8 Å². The number of halogens is 1. The van der Waals surface area contributed by atoms with Crippen molar-refractivity contribution in [1.82, 2.24) is 9.80 Å². The maximum absolute atomic E-state index is 12.7. The molecule has 2 amide bonds. The molecule has 0 atom stereocenters. The molecule has 146 valence electrons. The fraction of sp³-hybridized carbons (Fsp3) is 0.421. The van der Waals surface area contributed by atoms with Crippen LogP contribution in [0.25, 0.3) is 5.57 Å². The van der Waals surface area contributed by atoms with Gasteiger partial charge in [0.15, 0.2) is 0 Å². The first kappa shape index (κ1) is 21.3. The molecule has 2 rings (SSSR count). The summed E-state index contributed by atoms with van der Waals surface area (Å²) < 4.78 is 4.61. The number of ether oxygens (including phenoxy) is 1. The second kappa shape index (κ2) is 9.80. The number of carbonyl (C=O) groups excluding carboxylic acids is 3. The van der Waals surface area contributed by atoms with Crippen LogP contribution in [0.2, 0.25) is 5.02 Å². The third-order valence-corrected chi connectivity index (χ3v) is 5.84. The van der Waals surface area contributed by atoms with Gasteiger partial charge < -0.3 is 14.5 Å². The predicted molar refractivity (Wildman–Crippen MR) is 107 cm³/mol. The van der Waals surface area contributed by atoms with Crippen molar-refractivity contribution >= 4 is 46.7 Å².